The number of anilines is 1. The topological polar surface area (TPSA) is 64.8 Å². The number of carbonyl (C=O) groups is 1. The zero-order valence-electron chi connectivity index (χ0n) is 10.5. The SMILES string of the molecule is Cc1cc2c(cc1N(C)C(=O)C1(N)CC1)OCO2. The summed E-state index contributed by atoms with van der Waals surface area (Å²) in [6.07, 6.45) is 1.53. The number of aryl methyl sites for hydroxylation is 1. The van der Waals surface area contributed by atoms with E-state index in [-0.39, 0.29) is 12.7 Å². The van der Waals surface area contributed by atoms with E-state index in [0.717, 1.165) is 29.8 Å². The molecule has 1 aliphatic heterocycles. The third-order valence-electron chi connectivity index (χ3n) is 3.57. The zero-order valence-corrected chi connectivity index (χ0v) is 10.5. The molecule has 0 radical (unpaired) electrons. The predicted octanol–water partition coefficient (Wildman–Crippen LogP) is 1.18. The Bertz CT molecular complexity index is 523. The Balaban J connectivity index is 1.94. The highest BCUT2D eigenvalue weighted by Gasteiger charge is 2.48. The van der Waals surface area contributed by atoms with Gasteiger partial charge < -0.3 is 20.1 Å². The van der Waals surface area contributed by atoms with E-state index >= 15 is 0 Å². The van der Waals surface area contributed by atoms with E-state index in [1.165, 1.54) is 0 Å². The van der Waals surface area contributed by atoms with E-state index in [1.807, 2.05) is 19.1 Å². The molecule has 0 atom stereocenters. The molecule has 0 saturated heterocycles. The van der Waals surface area contributed by atoms with Crippen LogP contribution in [0, 0.1) is 6.92 Å². The van der Waals surface area contributed by atoms with Crippen molar-refractivity contribution >= 4 is 11.6 Å². The number of nitrogens with zero attached hydrogens (tertiary/aromatic N) is 1. The van der Waals surface area contributed by atoms with Crippen LogP contribution in [-0.4, -0.2) is 25.3 Å². The lowest BCUT2D eigenvalue weighted by Crippen LogP contribution is -2.44. The summed E-state index contributed by atoms with van der Waals surface area (Å²) in [5.74, 6) is 1.37. The summed E-state index contributed by atoms with van der Waals surface area (Å²) in [6.45, 7) is 2.17. The molecule has 1 fully saturated rings. The molecular weight excluding hydrogens is 232 g/mol. The molecule has 1 saturated carbocycles. The third-order valence-corrected chi connectivity index (χ3v) is 3.57. The molecule has 1 heterocycles. The van der Waals surface area contributed by atoms with E-state index in [4.69, 9.17) is 15.2 Å². The van der Waals surface area contributed by atoms with Gasteiger partial charge in [-0.05, 0) is 31.4 Å². The summed E-state index contributed by atoms with van der Waals surface area (Å²) in [4.78, 5) is 13.8. The van der Waals surface area contributed by atoms with Crippen molar-refractivity contribution in [3.8, 4) is 11.5 Å². The maximum Gasteiger partial charge on any atom is 0.246 e. The standard InChI is InChI=1S/C13H16N2O3/c1-8-5-10-11(18-7-17-10)6-9(8)15(2)12(16)13(14)3-4-13/h5-6H,3-4,7,14H2,1-2H3. The van der Waals surface area contributed by atoms with Crippen LogP contribution in [0.1, 0.15) is 18.4 Å². The maximum absolute atomic E-state index is 12.2. The highest BCUT2D eigenvalue weighted by atomic mass is 16.7. The van der Waals surface area contributed by atoms with Gasteiger partial charge in [0.05, 0.1) is 11.2 Å². The van der Waals surface area contributed by atoms with Gasteiger partial charge in [-0.2, -0.15) is 0 Å². The van der Waals surface area contributed by atoms with Crippen molar-refractivity contribution in [1.29, 1.82) is 0 Å². The van der Waals surface area contributed by atoms with Gasteiger partial charge in [-0.15, -0.1) is 0 Å². The van der Waals surface area contributed by atoms with E-state index in [9.17, 15) is 4.79 Å². The Kier molecular flexibility index (Phi) is 2.28. The van der Waals surface area contributed by atoms with Crippen LogP contribution in [-0.2, 0) is 4.79 Å². The molecule has 1 aromatic carbocycles. The number of ether oxygens (including phenoxy) is 2. The molecule has 0 unspecified atom stereocenters. The van der Waals surface area contributed by atoms with Gasteiger partial charge in [0.25, 0.3) is 0 Å². The van der Waals surface area contributed by atoms with E-state index in [1.54, 1.807) is 11.9 Å². The van der Waals surface area contributed by atoms with E-state index in [2.05, 4.69) is 0 Å². The first-order valence-electron chi connectivity index (χ1n) is 5.98. The summed E-state index contributed by atoms with van der Waals surface area (Å²) < 4.78 is 10.6. The van der Waals surface area contributed by atoms with Gasteiger partial charge in [0.15, 0.2) is 11.5 Å². The molecule has 96 valence electrons. The molecule has 5 nitrogen and oxygen atoms in total. The number of likely N-dealkylation sites (N-methyl/N-ethyl adjacent to an activating group) is 1. The first-order valence-corrected chi connectivity index (χ1v) is 5.98. The lowest BCUT2D eigenvalue weighted by molar-refractivity contribution is -0.120. The fraction of sp³-hybridized carbons (Fsp3) is 0.462. The maximum atomic E-state index is 12.2. The Morgan fingerprint density at radius 3 is 2.56 bits per heavy atom. The summed E-state index contributed by atoms with van der Waals surface area (Å²) >= 11 is 0. The van der Waals surface area contributed by atoms with Crippen LogP contribution in [0.15, 0.2) is 12.1 Å². The van der Waals surface area contributed by atoms with Crippen LogP contribution in [0.25, 0.3) is 0 Å². The second kappa shape index (κ2) is 3.62. The highest BCUT2D eigenvalue weighted by molar-refractivity contribution is 6.02. The van der Waals surface area contributed by atoms with E-state index < -0.39 is 5.54 Å². The summed E-state index contributed by atoms with van der Waals surface area (Å²) in [6, 6.07) is 3.72. The van der Waals surface area contributed by atoms with Crippen molar-refractivity contribution in [2.75, 3.05) is 18.7 Å². The van der Waals surface area contributed by atoms with Crippen molar-refractivity contribution in [2.45, 2.75) is 25.3 Å². The number of benzene rings is 1. The number of carbonyl (C=O) groups excluding carboxylic acids is 1. The summed E-state index contributed by atoms with van der Waals surface area (Å²) in [7, 11) is 1.75. The minimum Gasteiger partial charge on any atom is -0.454 e. The molecule has 0 bridgehead atoms. The molecule has 1 aromatic rings. The van der Waals surface area contributed by atoms with Crippen molar-refractivity contribution in [3.63, 3.8) is 0 Å². The Morgan fingerprint density at radius 2 is 1.94 bits per heavy atom. The second-order valence-corrected chi connectivity index (χ2v) is 5.01. The van der Waals surface area contributed by atoms with Gasteiger partial charge in [-0.1, -0.05) is 0 Å². The van der Waals surface area contributed by atoms with Crippen molar-refractivity contribution in [1.82, 2.24) is 0 Å². The molecule has 18 heavy (non-hydrogen) atoms. The molecular formula is C13H16N2O3. The molecule has 0 spiro atoms. The summed E-state index contributed by atoms with van der Waals surface area (Å²) in [5, 5.41) is 0. The summed E-state index contributed by atoms with van der Waals surface area (Å²) in [5.41, 5.74) is 7.08. The van der Waals surface area contributed by atoms with Gasteiger partial charge in [-0.25, -0.2) is 0 Å². The zero-order chi connectivity index (χ0) is 12.9. The number of amides is 1. The van der Waals surface area contributed by atoms with Crippen LogP contribution in [0.2, 0.25) is 0 Å². The molecule has 2 aliphatic rings. The van der Waals surface area contributed by atoms with Crippen molar-refractivity contribution in [3.05, 3.63) is 17.7 Å². The number of hydrogen-bond donors (Lipinski definition) is 1. The molecule has 1 aliphatic carbocycles. The molecule has 1 amide bonds. The number of fused-ring (bicyclic) bond motifs is 1. The van der Waals surface area contributed by atoms with Crippen LogP contribution < -0.4 is 20.1 Å². The first kappa shape index (κ1) is 11.3. The second-order valence-electron chi connectivity index (χ2n) is 5.01. The Morgan fingerprint density at radius 1 is 1.33 bits per heavy atom. The van der Waals surface area contributed by atoms with Gasteiger partial charge in [0.1, 0.15) is 0 Å². The van der Waals surface area contributed by atoms with Crippen LogP contribution >= 0.6 is 0 Å². The first-order chi connectivity index (χ1) is 8.51. The molecule has 0 aromatic heterocycles. The van der Waals surface area contributed by atoms with Gasteiger partial charge in [-0.3, -0.25) is 4.79 Å². The van der Waals surface area contributed by atoms with Crippen LogP contribution in [0.3, 0.4) is 0 Å². The number of nitrogens with two attached hydrogens (primary N) is 1. The average Bonchev–Trinajstić information content (AvgIpc) is 2.93. The Hall–Kier alpha value is -1.75. The number of hydrogen-bond acceptors (Lipinski definition) is 4. The predicted molar refractivity (Wildman–Crippen MR) is 66.9 cm³/mol. The van der Waals surface area contributed by atoms with Crippen molar-refractivity contribution < 1.29 is 14.3 Å². The minimum atomic E-state index is -0.655. The van der Waals surface area contributed by atoms with Crippen LogP contribution in [0.4, 0.5) is 5.69 Å². The third kappa shape index (κ3) is 1.62. The minimum absolute atomic E-state index is 0.0375. The fourth-order valence-electron chi connectivity index (χ4n) is 2.19. The molecule has 2 N–H and O–H groups in total. The monoisotopic (exact) mass is 248 g/mol. The van der Waals surface area contributed by atoms with Crippen LogP contribution in [0.5, 0.6) is 11.5 Å². The molecule has 5 heteroatoms. The average molecular weight is 248 g/mol. The van der Waals surface area contributed by atoms with Gasteiger partial charge in [0, 0.05) is 13.1 Å². The van der Waals surface area contributed by atoms with Crippen molar-refractivity contribution in [2.24, 2.45) is 5.73 Å². The molecule has 3 rings (SSSR count). The smallest absolute Gasteiger partial charge is 0.246 e. The number of rotatable bonds is 2. The van der Waals surface area contributed by atoms with Gasteiger partial charge >= 0.3 is 0 Å². The largest absolute Gasteiger partial charge is 0.454 e. The quantitative estimate of drug-likeness (QED) is 0.853. The van der Waals surface area contributed by atoms with Gasteiger partial charge in [0.2, 0.25) is 12.7 Å². The fourth-order valence-corrected chi connectivity index (χ4v) is 2.19. The lowest BCUT2D eigenvalue weighted by atomic mass is 10.1. The normalized spacial score (nSPS) is 18.6. The van der Waals surface area contributed by atoms with E-state index in [0.29, 0.717) is 5.75 Å². The lowest BCUT2D eigenvalue weighted by Gasteiger charge is -2.23. The highest BCUT2D eigenvalue weighted by Crippen LogP contribution is 2.40. The Labute approximate surface area is 105 Å².